The number of hydrogen-bond acceptors (Lipinski definition) is 8. The fraction of sp³-hybridized carbons (Fsp3) is 0.296. The van der Waals surface area contributed by atoms with E-state index in [0.717, 1.165) is 11.3 Å². The van der Waals surface area contributed by atoms with E-state index in [4.69, 9.17) is 10.5 Å². The zero-order chi connectivity index (χ0) is 30.7. The van der Waals surface area contributed by atoms with Crippen LogP contribution in [-0.4, -0.2) is 59.0 Å². The SMILES string of the molecule is N#CCc1c(-c2ccc(NC(=O)Nc3cc(C(F)(F)F)ccc3F)cc2)c2n(c1CN1CCOC(CO)C1)N=IN=C2N. The Labute approximate surface area is 253 Å². The largest absolute Gasteiger partial charge is 0.416 e. The zero-order valence-electron chi connectivity index (χ0n) is 22.3. The number of carbonyl (C=O) groups is 1. The second-order valence-electron chi connectivity index (χ2n) is 9.68. The molecular weight excluding hydrogens is 687 g/mol. The Hall–Kier alpha value is -3.92. The molecule has 0 spiro atoms. The smallest absolute Gasteiger partial charge is 0.394 e. The van der Waals surface area contributed by atoms with Crippen molar-refractivity contribution in [3.05, 3.63) is 70.8 Å². The summed E-state index contributed by atoms with van der Waals surface area (Å²) in [7, 11) is 0. The number of rotatable bonds is 7. The Bertz CT molecular complexity index is 1630. The minimum absolute atomic E-state index is 0.0600. The summed E-state index contributed by atoms with van der Waals surface area (Å²) in [5, 5.41) is 23.9. The summed E-state index contributed by atoms with van der Waals surface area (Å²) in [6.07, 6.45) is -4.96. The van der Waals surface area contributed by atoms with Gasteiger partial charge in [-0.2, -0.15) is 21.6 Å². The van der Waals surface area contributed by atoms with Gasteiger partial charge >= 0.3 is 12.2 Å². The Balaban J connectivity index is 1.42. The van der Waals surface area contributed by atoms with Gasteiger partial charge in [0.05, 0.1) is 48.8 Å². The molecule has 0 aliphatic carbocycles. The molecule has 226 valence electrons. The van der Waals surface area contributed by atoms with Crippen LogP contribution in [0.25, 0.3) is 11.1 Å². The van der Waals surface area contributed by atoms with E-state index >= 15 is 0 Å². The van der Waals surface area contributed by atoms with Crippen LogP contribution in [0.3, 0.4) is 0 Å². The zero-order valence-corrected chi connectivity index (χ0v) is 24.5. The molecule has 16 heteroatoms. The maximum atomic E-state index is 14.1. The number of morpholine rings is 1. The van der Waals surface area contributed by atoms with Crippen LogP contribution in [0.15, 0.2) is 48.9 Å². The highest BCUT2D eigenvalue weighted by atomic mass is 127. The third kappa shape index (κ3) is 6.69. The van der Waals surface area contributed by atoms with E-state index in [0.29, 0.717) is 67.1 Å². The molecule has 2 amide bonds. The topological polar surface area (TPSA) is 153 Å². The number of amidine groups is 1. The molecule has 0 saturated carbocycles. The van der Waals surface area contributed by atoms with Gasteiger partial charge in [0.2, 0.25) is 0 Å². The number of ether oxygens (including phenoxy) is 1. The molecule has 11 nitrogen and oxygen atoms in total. The summed E-state index contributed by atoms with van der Waals surface area (Å²) in [5.74, 6) is -0.725. The average Bonchev–Trinajstić information content (AvgIpc) is 3.28. The van der Waals surface area contributed by atoms with Gasteiger partial charge in [-0.1, -0.05) is 12.1 Å². The van der Waals surface area contributed by atoms with Gasteiger partial charge in [-0.25, -0.2) is 13.9 Å². The van der Waals surface area contributed by atoms with Gasteiger partial charge in [0, 0.05) is 30.9 Å². The Morgan fingerprint density at radius 2 is 2.00 bits per heavy atom. The van der Waals surface area contributed by atoms with E-state index in [9.17, 15) is 32.7 Å². The molecule has 3 heterocycles. The van der Waals surface area contributed by atoms with E-state index < -0.39 is 50.6 Å². The van der Waals surface area contributed by atoms with Crippen molar-refractivity contribution in [1.29, 1.82) is 5.26 Å². The number of carbonyl (C=O) groups excluding carboxylic acids is 1. The standard InChI is InChI=1S/C27H25F4IN8O3/c28-20-6-3-16(27(29,30)31)11-21(20)36-26(42)35-17-4-1-15(2-5-17)23-19(7-8-33)22(40-24(23)25(34)37-32-38-40)13-39-9-10-43-18(12-39)14-41/h1-6,11,18,41H,7,9-10,12-14H2,(H2,34,37,38)(H2,35,36,42). The van der Waals surface area contributed by atoms with Gasteiger partial charge in [0.15, 0.2) is 27.1 Å². The van der Waals surface area contributed by atoms with Crippen LogP contribution in [0.5, 0.6) is 0 Å². The fourth-order valence-electron chi connectivity index (χ4n) is 4.90. The summed E-state index contributed by atoms with van der Waals surface area (Å²) < 4.78 is 69.4. The molecule has 1 saturated heterocycles. The number of benzene rings is 2. The van der Waals surface area contributed by atoms with Crippen molar-refractivity contribution in [1.82, 2.24) is 9.58 Å². The van der Waals surface area contributed by atoms with Crippen molar-refractivity contribution in [3.63, 3.8) is 0 Å². The van der Waals surface area contributed by atoms with Gasteiger partial charge in [-0.15, -0.1) is 3.25 Å². The monoisotopic (exact) mass is 712 g/mol. The fourth-order valence-corrected chi connectivity index (χ4v) is 6.13. The number of anilines is 2. The second-order valence-corrected chi connectivity index (χ2v) is 11.0. The van der Waals surface area contributed by atoms with Crippen LogP contribution in [0.2, 0.25) is 0 Å². The molecule has 3 aromatic rings. The number of amides is 2. The first-order valence-electron chi connectivity index (χ1n) is 12.9. The number of nitrogens with zero attached hydrogens (tertiary/aromatic N) is 5. The van der Waals surface area contributed by atoms with E-state index in [1.165, 1.54) is 0 Å². The van der Waals surface area contributed by atoms with Crippen LogP contribution >= 0.6 is 21.3 Å². The number of fused-ring (bicyclic) bond motifs is 1. The number of aliphatic hydroxyl groups excluding tert-OH is 1. The molecule has 0 radical (unpaired) electrons. The van der Waals surface area contributed by atoms with E-state index in [1.54, 1.807) is 28.9 Å². The van der Waals surface area contributed by atoms with Crippen LogP contribution in [-0.2, 0) is 23.9 Å². The highest BCUT2D eigenvalue weighted by Crippen LogP contribution is 2.38. The average molecular weight is 712 g/mol. The number of nitriles is 1. The molecule has 2 aromatic carbocycles. The molecule has 0 bridgehead atoms. The first-order chi connectivity index (χ1) is 20.6. The number of nitrogens with one attached hydrogen (secondary N) is 2. The van der Waals surface area contributed by atoms with Crippen LogP contribution in [0.4, 0.5) is 33.7 Å². The van der Waals surface area contributed by atoms with Gasteiger partial charge in [0.1, 0.15) is 11.5 Å². The Kier molecular flexibility index (Phi) is 9.05. The van der Waals surface area contributed by atoms with Crippen molar-refractivity contribution in [2.24, 2.45) is 12.2 Å². The van der Waals surface area contributed by atoms with E-state index in [2.05, 4.69) is 28.1 Å². The number of alkyl halides is 3. The predicted molar refractivity (Wildman–Crippen MR) is 158 cm³/mol. The summed E-state index contributed by atoms with van der Waals surface area (Å²) in [4.78, 5) is 14.6. The molecule has 5 rings (SSSR count). The molecule has 43 heavy (non-hydrogen) atoms. The van der Waals surface area contributed by atoms with Crippen molar-refractivity contribution in [3.8, 4) is 17.2 Å². The first-order valence-corrected chi connectivity index (χ1v) is 14.8. The van der Waals surface area contributed by atoms with E-state index in [1.807, 2.05) is 0 Å². The number of urea groups is 1. The molecule has 1 fully saturated rings. The minimum Gasteiger partial charge on any atom is -0.394 e. The highest BCUT2D eigenvalue weighted by molar-refractivity contribution is 14.1. The van der Waals surface area contributed by atoms with Gasteiger partial charge < -0.3 is 26.2 Å². The van der Waals surface area contributed by atoms with Gasteiger partial charge in [-0.05, 0) is 41.5 Å². The normalized spacial score (nSPS) is 16.9. The highest BCUT2D eigenvalue weighted by Gasteiger charge is 2.32. The maximum absolute atomic E-state index is 14.1. The second kappa shape index (κ2) is 12.8. The molecule has 1 atom stereocenters. The predicted octanol–water partition coefficient (Wildman–Crippen LogP) is 4.77. The third-order valence-electron chi connectivity index (χ3n) is 6.86. The third-order valence-corrected chi connectivity index (χ3v) is 8.22. The Morgan fingerprint density at radius 1 is 1.23 bits per heavy atom. The molecule has 1 aromatic heterocycles. The van der Waals surface area contributed by atoms with Crippen molar-refractivity contribution in [2.45, 2.75) is 25.2 Å². The van der Waals surface area contributed by atoms with Crippen LogP contribution in [0.1, 0.15) is 22.5 Å². The summed E-state index contributed by atoms with van der Waals surface area (Å²) in [6, 6.07) is 9.51. The lowest BCUT2D eigenvalue weighted by Gasteiger charge is -2.32. The molecule has 2 aliphatic heterocycles. The molecular formula is C27H25F4IN8O3. The first kappa shape index (κ1) is 30.5. The summed E-state index contributed by atoms with van der Waals surface area (Å²) >= 11 is -0.955. The number of halogens is 5. The maximum Gasteiger partial charge on any atom is 0.416 e. The summed E-state index contributed by atoms with van der Waals surface area (Å²) in [5.41, 5.74) is 8.29. The number of nitrogens with two attached hydrogens (primary N) is 1. The Morgan fingerprint density at radius 3 is 2.70 bits per heavy atom. The van der Waals surface area contributed by atoms with Crippen molar-refractivity contribution in [2.75, 3.05) is 36.9 Å². The lowest BCUT2D eigenvalue weighted by Crippen LogP contribution is -2.43. The summed E-state index contributed by atoms with van der Waals surface area (Å²) in [6.45, 7) is 1.92. The van der Waals surface area contributed by atoms with E-state index in [-0.39, 0.29) is 24.8 Å². The molecule has 1 unspecified atom stereocenters. The minimum atomic E-state index is -4.70. The van der Waals surface area contributed by atoms with Crippen LogP contribution < -0.4 is 16.4 Å². The lowest BCUT2D eigenvalue weighted by atomic mass is 9.97. The molecule has 2 aliphatic rings. The number of hydrogen-bond donors (Lipinski definition) is 4. The quantitative estimate of drug-likeness (QED) is 0.205. The van der Waals surface area contributed by atoms with Crippen molar-refractivity contribution >= 4 is 44.5 Å². The van der Waals surface area contributed by atoms with Gasteiger partial charge in [-0.3, -0.25) is 4.90 Å². The van der Waals surface area contributed by atoms with Crippen molar-refractivity contribution < 1.29 is 32.2 Å². The number of aromatic nitrogens is 1. The van der Waals surface area contributed by atoms with Crippen LogP contribution in [0, 0.1) is 17.1 Å². The lowest BCUT2D eigenvalue weighted by molar-refractivity contribution is -0.137. The number of aliphatic hydroxyl groups is 1. The van der Waals surface area contributed by atoms with Gasteiger partial charge in [0.25, 0.3) is 0 Å². The molecule has 5 N–H and O–H groups in total.